The molecule has 244 valence electrons. The Labute approximate surface area is 259 Å². The Balaban J connectivity index is 0. The molecule has 0 amide bonds. The van der Waals surface area contributed by atoms with Gasteiger partial charge in [-0.1, -0.05) is 181 Å². The van der Waals surface area contributed by atoms with E-state index < -0.39 is 0 Å². The SMILES string of the molecule is CCCCCCCCCCCCCCCCOCC(CCN)OCCCCCCCCCCCCCCCC.Cl. The highest BCUT2D eigenvalue weighted by Crippen LogP contribution is 2.14. The van der Waals surface area contributed by atoms with Gasteiger partial charge in [-0.05, 0) is 25.8 Å². The number of rotatable bonds is 35. The van der Waals surface area contributed by atoms with Gasteiger partial charge in [0.05, 0.1) is 12.7 Å². The molecular weight excluding hydrogens is 514 g/mol. The molecule has 0 fully saturated rings. The van der Waals surface area contributed by atoms with Crippen molar-refractivity contribution >= 4 is 12.4 Å². The van der Waals surface area contributed by atoms with Crippen molar-refractivity contribution in [2.45, 2.75) is 206 Å². The fraction of sp³-hybridized carbons (Fsp3) is 1.00. The maximum atomic E-state index is 6.11. The molecule has 0 heterocycles. The summed E-state index contributed by atoms with van der Waals surface area (Å²) in [5.74, 6) is 0. The molecule has 0 aliphatic rings. The van der Waals surface area contributed by atoms with E-state index in [1.165, 1.54) is 180 Å². The van der Waals surface area contributed by atoms with Crippen LogP contribution in [0.3, 0.4) is 0 Å². The van der Waals surface area contributed by atoms with Gasteiger partial charge >= 0.3 is 0 Å². The second kappa shape index (κ2) is 39.2. The highest BCUT2D eigenvalue weighted by Gasteiger charge is 2.08. The monoisotopic (exact) mass is 590 g/mol. The smallest absolute Gasteiger partial charge is 0.0820 e. The molecule has 0 aliphatic carbocycles. The zero-order chi connectivity index (χ0) is 28.3. The maximum absolute atomic E-state index is 6.11. The molecule has 0 aromatic heterocycles. The number of ether oxygens (including phenoxy) is 2. The lowest BCUT2D eigenvalue weighted by Gasteiger charge is -2.17. The van der Waals surface area contributed by atoms with Crippen LogP contribution in [0.1, 0.15) is 200 Å². The Morgan fingerprint density at radius 3 is 1.05 bits per heavy atom. The molecule has 0 bridgehead atoms. The van der Waals surface area contributed by atoms with Crippen LogP contribution in [-0.4, -0.2) is 32.5 Å². The van der Waals surface area contributed by atoms with Gasteiger partial charge in [0.15, 0.2) is 0 Å². The van der Waals surface area contributed by atoms with Crippen LogP contribution in [0.4, 0.5) is 0 Å². The van der Waals surface area contributed by atoms with Crippen molar-refractivity contribution in [3.05, 3.63) is 0 Å². The fourth-order valence-corrected chi connectivity index (χ4v) is 5.56. The number of hydrogen-bond donors (Lipinski definition) is 1. The summed E-state index contributed by atoms with van der Waals surface area (Å²) in [7, 11) is 0. The van der Waals surface area contributed by atoms with Crippen LogP contribution in [0.5, 0.6) is 0 Å². The first-order chi connectivity index (χ1) is 19.3. The second-order valence-corrected chi connectivity index (χ2v) is 12.3. The molecule has 1 unspecified atom stereocenters. The van der Waals surface area contributed by atoms with Gasteiger partial charge in [-0.25, -0.2) is 0 Å². The molecule has 40 heavy (non-hydrogen) atoms. The lowest BCUT2D eigenvalue weighted by Crippen LogP contribution is -2.24. The Morgan fingerprint density at radius 1 is 0.425 bits per heavy atom. The molecule has 3 nitrogen and oxygen atoms in total. The predicted molar refractivity (Wildman–Crippen MR) is 182 cm³/mol. The van der Waals surface area contributed by atoms with E-state index in [0.717, 1.165) is 19.6 Å². The summed E-state index contributed by atoms with van der Waals surface area (Å²) in [6, 6.07) is 0. The summed E-state index contributed by atoms with van der Waals surface area (Å²) in [4.78, 5) is 0. The Kier molecular flexibility index (Phi) is 41.4. The van der Waals surface area contributed by atoms with Crippen molar-refractivity contribution < 1.29 is 9.47 Å². The average Bonchev–Trinajstić information content (AvgIpc) is 2.94. The van der Waals surface area contributed by atoms with Gasteiger partial charge in [-0.15, -0.1) is 12.4 Å². The third kappa shape index (κ3) is 36.2. The summed E-state index contributed by atoms with van der Waals surface area (Å²) < 4.78 is 12.1. The topological polar surface area (TPSA) is 44.5 Å². The molecule has 0 saturated heterocycles. The Bertz CT molecular complexity index is 424. The van der Waals surface area contributed by atoms with E-state index in [9.17, 15) is 0 Å². The Morgan fingerprint density at radius 2 is 0.725 bits per heavy atom. The average molecular weight is 590 g/mol. The van der Waals surface area contributed by atoms with Crippen molar-refractivity contribution in [2.24, 2.45) is 5.73 Å². The first-order valence-electron chi connectivity index (χ1n) is 18.2. The fourth-order valence-electron chi connectivity index (χ4n) is 5.56. The molecule has 0 spiro atoms. The Hall–Kier alpha value is 0.170. The van der Waals surface area contributed by atoms with Crippen LogP contribution in [0.25, 0.3) is 0 Å². The number of nitrogens with two attached hydrogens (primary N) is 1. The summed E-state index contributed by atoms with van der Waals surface area (Å²) in [5.41, 5.74) is 5.81. The van der Waals surface area contributed by atoms with E-state index >= 15 is 0 Å². The minimum Gasteiger partial charge on any atom is -0.379 e. The van der Waals surface area contributed by atoms with Crippen molar-refractivity contribution in [3.8, 4) is 0 Å². The van der Waals surface area contributed by atoms with Crippen molar-refractivity contribution in [3.63, 3.8) is 0 Å². The molecule has 2 N–H and O–H groups in total. The van der Waals surface area contributed by atoms with Crippen LogP contribution in [0.15, 0.2) is 0 Å². The number of unbranched alkanes of at least 4 members (excludes halogenated alkanes) is 26. The molecule has 1 atom stereocenters. The zero-order valence-electron chi connectivity index (χ0n) is 27.7. The number of hydrogen-bond acceptors (Lipinski definition) is 3. The van der Waals surface area contributed by atoms with Crippen LogP contribution in [0, 0.1) is 0 Å². The number of halogens is 1. The molecule has 0 rings (SSSR count). The summed E-state index contributed by atoms with van der Waals surface area (Å²) in [6.07, 6.45) is 40.2. The van der Waals surface area contributed by atoms with Crippen molar-refractivity contribution in [1.82, 2.24) is 0 Å². The van der Waals surface area contributed by atoms with Gasteiger partial charge in [-0.2, -0.15) is 0 Å². The molecule has 0 aliphatic heterocycles. The molecular formula is C36H76ClNO2. The highest BCUT2D eigenvalue weighted by atomic mass is 35.5. The summed E-state index contributed by atoms with van der Waals surface area (Å²) >= 11 is 0. The lowest BCUT2D eigenvalue weighted by molar-refractivity contribution is -0.0211. The third-order valence-corrected chi connectivity index (χ3v) is 8.29. The van der Waals surface area contributed by atoms with Gasteiger partial charge < -0.3 is 15.2 Å². The molecule has 0 aromatic carbocycles. The van der Waals surface area contributed by atoms with E-state index in [2.05, 4.69) is 13.8 Å². The van der Waals surface area contributed by atoms with E-state index in [1.807, 2.05) is 0 Å². The summed E-state index contributed by atoms with van der Waals surface area (Å²) in [6.45, 7) is 7.74. The second-order valence-electron chi connectivity index (χ2n) is 12.3. The minimum atomic E-state index is 0. The first-order valence-corrected chi connectivity index (χ1v) is 18.2. The van der Waals surface area contributed by atoms with Gasteiger partial charge in [0, 0.05) is 13.2 Å². The first kappa shape index (κ1) is 42.3. The van der Waals surface area contributed by atoms with Crippen LogP contribution in [-0.2, 0) is 9.47 Å². The van der Waals surface area contributed by atoms with Gasteiger partial charge in [0.25, 0.3) is 0 Å². The van der Waals surface area contributed by atoms with E-state index in [-0.39, 0.29) is 18.5 Å². The van der Waals surface area contributed by atoms with Gasteiger partial charge in [0.1, 0.15) is 0 Å². The van der Waals surface area contributed by atoms with E-state index in [0.29, 0.717) is 13.2 Å². The van der Waals surface area contributed by atoms with Crippen LogP contribution < -0.4 is 5.73 Å². The molecule has 0 radical (unpaired) electrons. The van der Waals surface area contributed by atoms with Crippen molar-refractivity contribution in [2.75, 3.05) is 26.4 Å². The summed E-state index contributed by atoms with van der Waals surface area (Å²) in [5, 5.41) is 0. The molecule has 4 heteroatoms. The molecule has 0 aromatic rings. The van der Waals surface area contributed by atoms with E-state index in [1.54, 1.807) is 0 Å². The normalized spacial score (nSPS) is 12.1. The maximum Gasteiger partial charge on any atom is 0.0820 e. The quantitative estimate of drug-likeness (QED) is 0.0747. The highest BCUT2D eigenvalue weighted by molar-refractivity contribution is 5.85. The van der Waals surface area contributed by atoms with Gasteiger partial charge in [0.2, 0.25) is 0 Å². The third-order valence-electron chi connectivity index (χ3n) is 8.29. The van der Waals surface area contributed by atoms with Crippen LogP contribution in [0.2, 0.25) is 0 Å². The van der Waals surface area contributed by atoms with Gasteiger partial charge in [-0.3, -0.25) is 0 Å². The molecule has 0 saturated carbocycles. The standard InChI is InChI=1S/C36H75NO2.ClH/c1-3-5-7-9-11-13-15-17-19-21-23-25-27-29-33-38-35-36(31-32-37)39-34-30-28-26-24-22-20-18-16-14-12-10-8-6-4-2;/h36H,3-35,37H2,1-2H3;1H. The lowest BCUT2D eigenvalue weighted by atomic mass is 10.0. The van der Waals surface area contributed by atoms with Crippen molar-refractivity contribution in [1.29, 1.82) is 0 Å². The predicted octanol–water partition coefficient (Wildman–Crippen LogP) is 12.1. The van der Waals surface area contributed by atoms with E-state index in [4.69, 9.17) is 15.2 Å². The van der Waals surface area contributed by atoms with Crippen LogP contribution >= 0.6 is 12.4 Å². The largest absolute Gasteiger partial charge is 0.379 e. The minimum absolute atomic E-state index is 0. The zero-order valence-corrected chi connectivity index (χ0v) is 28.5.